The van der Waals surface area contributed by atoms with Gasteiger partial charge in [0.1, 0.15) is 0 Å². The molecule has 0 saturated heterocycles. The molecule has 2 aromatic rings. The minimum atomic E-state index is -4.39. The first-order valence-corrected chi connectivity index (χ1v) is 8.13. The molecule has 0 spiro atoms. The van der Waals surface area contributed by atoms with Crippen LogP contribution in [0.2, 0.25) is 8.67 Å². The van der Waals surface area contributed by atoms with E-state index in [2.05, 4.69) is 21.2 Å². The zero-order valence-corrected chi connectivity index (χ0v) is 14.5. The maximum atomic E-state index is 12.7. The fourth-order valence-corrected chi connectivity index (χ4v) is 3.78. The second-order valence-corrected chi connectivity index (χ2v) is 7.48. The zero-order valence-electron chi connectivity index (χ0n) is 10.6. The molecule has 0 fully saturated rings. The average Bonchev–Trinajstić information content (AvgIpc) is 2.70. The van der Waals surface area contributed by atoms with Crippen LogP contribution in [0.5, 0.6) is 0 Å². The van der Waals surface area contributed by atoms with E-state index < -0.39 is 11.7 Å². The van der Waals surface area contributed by atoms with Crippen LogP contribution in [0.3, 0.4) is 0 Å². The fraction of sp³-hybridized carbons (Fsp3) is 0.231. The monoisotopic (exact) mass is 417 g/mol. The molecule has 1 heterocycles. The summed E-state index contributed by atoms with van der Waals surface area (Å²) in [4.78, 5) is 0. The van der Waals surface area contributed by atoms with Gasteiger partial charge in [-0.25, -0.2) is 0 Å². The Labute approximate surface area is 142 Å². The minimum absolute atomic E-state index is 0.277. The molecule has 114 valence electrons. The van der Waals surface area contributed by atoms with E-state index in [0.717, 1.165) is 17.7 Å². The molecule has 21 heavy (non-hydrogen) atoms. The highest BCUT2D eigenvalue weighted by molar-refractivity contribution is 9.10. The molecular weight excluding hydrogens is 410 g/mol. The van der Waals surface area contributed by atoms with Crippen molar-refractivity contribution in [2.24, 2.45) is 0 Å². The molecule has 1 aromatic carbocycles. The molecule has 0 aliphatic heterocycles. The second kappa shape index (κ2) is 6.36. The van der Waals surface area contributed by atoms with E-state index in [0.29, 0.717) is 18.8 Å². The fourth-order valence-electron chi connectivity index (χ4n) is 1.77. The predicted octanol–water partition coefficient (Wildman–Crippen LogP) is 7.01. The standard InChI is InChI=1S/C13H9BrCl2F3NS/c1-6(8-5-11(15)21-12(8)16)20-10-4-7(13(17,18)19)2-3-9(10)14/h2-6,20H,1H3. The van der Waals surface area contributed by atoms with E-state index in [4.69, 9.17) is 23.2 Å². The van der Waals surface area contributed by atoms with Crippen LogP contribution in [0.1, 0.15) is 24.1 Å². The maximum Gasteiger partial charge on any atom is 0.416 e. The topological polar surface area (TPSA) is 12.0 Å². The second-order valence-electron chi connectivity index (χ2n) is 4.34. The number of nitrogens with one attached hydrogen (secondary N) is 1. The average molecular weight is 419 g/mol. The van der Waals surface area contributed by atoms with E-state index in [9.17, 15) is 13.2 Å². The first-order valence-electron chi connectivity index (χ1n) is 5.76. The van der Waals surface area contributed by atoms with Crippen molar-refractivity contribution in [1.29, 1.82) is 0 Å². The van der Waals surface area contributed by atoms with E-state index in [1.807, 2.05) is 0 Å². The smallest absolute Gasteiger partial charge is 0.378 e. The van der Waals surface area contributed by atoms with Crippen LogP contribution >= 0.6 is 50.5 Å². The number of hydrogen-bond acceptors (Lipinski definition) is 2. The van der Waals surface area contributed by atoms with E-state index in [1.165, 1.54) is 17.4 Å². The lowest BCUT2D eigenvalue weighted by atomic mass is 10.1. The summed E-state index contributed by atoms with van der Waals surface area (Å²) >= 11 is 16.4. The van der Waals surface area contributed by atoms with Gasteiger partial charge < -0.3 is 5.32 Å². The van der Waals surface area contributed by atoms with Gasteiger partial charge >= 0.3 is 6.18 Å². The molecule has 0 aliphatic rings. The highest BCUT2D eigenvalue weighted by Crippen LogP contribution is 2.38. The van der Waals surface area contributed by atoms with Gasteiger partial charge in [-0.3, -0.25) is 0 Å². The van der Waals surface area contributed by atoms with Gasteiger partial charge in [-0.05, 0) is 47.1 Å². The minimum Gasteiger partial charge on any atom is -0.378 e. The Morgan fingerprint density at radius 2 is 1.90 bits per heavy atom. The van der Waals surface area contributed by atoms with Crippen molar-refractivity contribution >= 4 is 56.2 Å². The first-order chi connectivity index (χ1) is 9.68. The molecular formula is C13H9BrCl2F3NS. The van der Waals surface area contributed by atoms with Gasteiger partial charge in [0.25, 0.3) is 0 Å². The van der Waals surface area contributed by atoms with Gasteiger partial charge in [-0.2, -0.15) is 13.2 Å². The van der Waals surface area contributed by atoms with Gasteiger partial charge in [0, 0.05) is 15.7 Å². The lowest BCUT2D eigenvalue weighted by Crippen LogP contribution is -2.09. The predicted molar refractivity (Wildman–Crippen MR) is 85.5 cm³/mol. The van der Waals surface area contributed by atoms with Crippen molar-refractivity contribution < 1.29 is 13.2 Å². The summed E-state index contributed by atoms with van der Waals surface area (Å²) in [6.07, 6.45) is -4.39. The van der Waals surface area contributed by atoms with Crippen molar-refractivity contribution in [3.8, 4) is 0 Å². The number of alkyl halides is 3. The van der Waals surface area contributed by atoms with E-state index >= 15 is 0 Å². The van der Waals surface area contributed by atoms with Crippen LogP contribution in [0, 0.1) is 0 Å². The lowest BCUT2D eigenvalue weighted by molar-refractivity contribution is -0.137. The number of halogens is 6. The number of thiophene rings is 1. The molecule has 0 aliphatic carbocycles. The normalized spacial score (nSPS) is 13.3. The Kier molecular flexibility index (Phi) is 5.13. The number of benzene rings is 1. The molecule has 0 amide bonds. The van der Waals surface area contributed by atoms with Crippen LogP contribution in [-0.2, 0) is 6.18 Å². The molecule has 1 nitrogen and oxygen atoms in total. The zero-order chi connectivity index (χ0) is 15.8. The van der Waals surface area contributed by atoms with Gasteiger partial charge in [-0.1, -0.05) is 23.2 Å². The summed E-state index contributed by atoms with van der Waals surface area (Å²) in [7, 11) is 0. The van der Waals surface area contributed by atoms with Gasteiger partial charge in [0.05, 0.1) is 20.3 Å². The molecule has 0 radical (unpaired) electrons. The van der Waals surface area contributed by atoms with Crippen molar-refractivity contribution in [2.75, 3.05) is 5.32 Å². The quantitative estimate of drug-likeness (QED) is 0.565. The summed E-state index contributed by atoms with van der Waals surface area (Å²) in [5.74, 6) is 0. The largest absolute Gasteiger partial charge is 0.416 e. The summed E-state index contributed by atoms with van der Waals surface area (Å²) < 4.78 is 39.8. The highest BCUT2D eigenvalue weighted by atomic mass is 79.9. The molecule has 1 atom stereocenters. The summed E-state index contributed by atoms with van der Waals surface area (Å²) in [5.41, 5.74) is 0.376. The Balaban J connectivity index is 2.28. The summed E-state index contributed by atoms with van der Waals surface area (Å²) in [6, 6.07) is 4.87. The Bertz CT molecular complexity index is 657. The van der Waals surface area contributed by atoms with Gasteiger partial charge in [0.2, 0.25) is 0 Å². The first kappa shape index (κ1) is 16.9. The third-order valence-corrected chi connectivity index (χ3v) is 5.02. The molecule has 0 bridgehead atoms. The van der Waals surface area contributed by atoms with Crippen LogP contribution in [0.15, 0.2) is 28.7 Å². The van der Waals surface area contributed by atoms with Crippen molar-refractivity contribution in [2.45, 2.75) is 19.1 Å². The molecule has 8 heteroatoms. The summed E-state index contributed by atoms with van der Waals surface area (Å²) in [6.45, 7) is 1.80. The summed E-state index contributed by atoms with van der Waals surface area (Å²) in [5, 5.41) is 3.01. The number of hydrogen-bond donors (Lipinski definition) is 1. The molecule has 1 N–H and O–H groups in total. The highest BCUT2D eigenvalue weighted by Gasteiger charge is 2.31. The molecule has 2 rings (SSSR count). The Hall–Kier alpha value is -0.430. The van der Waals surface area contributed by atoms with Crippen molar-refractivity contribution in [3.05, 3.63) is 48.5 Å². The Morgan fingerprint density at radius 3 is 2.43 bits per heavy atom. The SMILES string of the molecule is CC(Nc1cc(C(F)(F)F)ccc1Br)c1cc(Cl)sc1Cl. The third kappa shape index (κ3) is 4.06. The van der Waals surface area contributed by atoms with Gasteiger partial charge in [-0.15, -0.1) is 11.3 Å². The van der Waals surface area contributed by atoms with Crippen LogP contribution in [0.25, 0.3) is 0 Å². The van der Waals surface area contributed by atoms with Crippen LogP contribution < -0.4 is 5.32 Å². The van der Waals surface area contributed by atoms with E-state index in [1.54, 1.807) is 13.0 Å². The van der Waals surface area contributed by atoms with Gasteiger partial charge in [0.15, 0.2) is 0 Å². The maximum absolute atomic E-state index is 12.7. The number of rotatable bonds is 3. The third-order valence-electron chi connectivity index (χ3n) is 2.82. The van der Waals surface area contributed by atoms with Crippen molar-refractivity contribution in [1.82, 2.24) is 0 Å². The van der Waals surface area contributed by atoms with Crippen molar-refractivity contribution in [3.63, 3.8) is 0 Å². The number of anilines is 1. The van der Waals surface area contributed by atoms with Crippen LogP contribution in [0.4, 0.5) is 18.9 Å². The molecule has 1 unspecified atom stereocenters. The molecule has 0 saturated carbocycles. The Morgan fingerprint density at radius 1 is 1.24 bits per heavy atom. The van der Waals surface area contributed by atoms with E-state index in [-0.39, 0.29) is 6.04 Å². The van der Waals surface area contributed by atoms with Crippen LogP contribution in [-0.4, -0.2) is 0 Å². The molecule has 1 aromatic heterocycles. The lowest BCUT2D eigenvalue weighted by Gasteiger charge is -2.17.